The number of benzene rings is 10. The number of rotatable bonds is 11. The van der Waals surface area contributed by atoms with Crippen LogP contribution in [0.1, 0.15) is 25.0 Å². The molecule has 0 amide bonds. The predicted molar refractivity (Wildman–Crippen MR) is 381 cm³/mol. The van der Waals surface area contributed by atoms with E-state index in [2.05, 4.69) is 229 Å². The molecule has 442 valence electrons. The fourth-order valence-electron chi connectivity index (χ4n) is 13.6. The van der Waals surface area contributed by atoms with Gasteiger partial charge < -0.3 is 0 Å². The van der Waals surface area contributed by atoms with Crippen molar-refractivity contribution in [1.82, 2.24) is 48.7 Å². The maximum Gasteiger partial charge on any atom is 0.164 e. The summed E-state index contributed by atoms with van der Waals surface area (Å²) >= 11 is 1.77. The van der Waals surface area contributed by atoms with Crippen LogP contribution in [0.25, 0.3) is 167 Å². The van der Waals surface area contributed by atoms with Gasteiger partial charge in [0.25, 0.3) is 0 Å². The van der Waals surface area contributed by atoms with Crippen molar-refractivity contribution in [2.24, 2.45) is 0 Å². The minimum atomic E-state index is -0.357. The number of thiophene rings is 1. The monoisotopic (exact) mass is 1220 g/mol. The van der Waals surface area contributed by atoms with Crippen LogP contribution >= 0.6 is 11.3 Å². The van der Waals surface area contributed by atoms with E-state index < -0.39 is 0 Å². The molecule has 0 fully saturated rings. The maximum absolute atomic E-state index is 5.54. The smallest absolute Gasteiger partial charge is 0.164 e. The zero-order valence-corrected chi connectivity index (χ0v) is 51.9. The second-order valence-corrected chi connectivity index (χ2v) is 25.5. The third-order valence-corrected chi connectivity index (χ3v) is 19.4. The molecule has 0 aliphatic heterocycles. The van der Waals surface area contributed by atoms with Gasteiger partial charge in [-0.25, -0.2) is 39.9 Å². The summed E-state index contributed by atoms with van der Waals surface area (Å²) in [5.41, 5.74) is 22.1. The Morgan fingerprint density at radius 2 is 0.638 bits per heavy atom. The molecule has 7 heterocycles. The molecule has 1 aliphatic carbocycles. The summed E-state index contributed by atoms with van der Waals surface area (Å²) in [7, 11) is 0. The van der Waals surface area contributed by atoms with Gasteiger partial charge in [0, 0.05) is 93.6 Å². The van der Waals surface area contributed by atoms with E-state index in [0.717, 1.165) is 106 Å². The highest BCUT2D eigenvalue weighted by atomic mass is 32.1. The van der Waals surface area contributed by atoms with Crippen LogP contribution in [-0.4, -0.2) is 48.7 Å². The highest BCUT2D eigenvalue weighted by Crippen LogP contribution is 2.51. The summed E-state index contributed by atoms with van der Waals surface area (Å²) in [5, 5.41) is 2.38. The molecule has 94 heavy (non-hydrogen) atoms. The molecule has 0 saturated heterocycles. The molecular weight excluding hydrogens is 1170 g/mol. The zero-order valence-electron chi connectivity index (χ0n) is 51.1. The number of aromatic nitrogens is 10. The highest BCUT2D eigenvalue weighted by Gasteiger charge is 2.37. The van der Waals surface area contributed by atoms with Gasteiger partial charge in [0.05, 0.1) is 22.8 Å². The summed E-state index contributed by atoms with van der Waals surface area (Å²) in [6.07, 6.45) is 4.24. The minimum absolute atomic E-state index is 0.357. The molecule has 10 aromatic carbocycles. The lowest BCUT2D eigenvalue weighted by atomic mass is 9.81. The number of pyridine rings is 2. The van der Waals surface area contributed by atoms with Gasteiger partial charge in [-0.1, -0.05) is 238 Å². The van der Waals surface area contributed by atoms with Crippen LogP contribution in [0.5, 0.6) is 0 Å². The number of fused-ring (bicyclic) bond motifs is 8. The van der Waals surface area contributed by atoms with E-state index in [0.29, 0.717) is 34.9 Å². The van der Waals surface area contributed by atoms with E-state index >= 15 is 0 Å². The Hall–Kier alpha value is -12.2. The van der Waals surface area contributed by atoms with Gasteiger partial charge in [-0.05, 0) is 88.0 Å². The summed E-state index contributed by atoms with van der Waals surface area (Å²) in [4.78, 5) is 41.5. The number of imidazole rings is 2. The van der Waals surface area contributed by atoms with Crippen molar-refractivity contribution in [2.75, 3.05) is 0 Å². The molecule has 0 saturated carbocycles. The van der Waals surface area contributed by atoms with E-state index in [9.17, 15) is 0 Å². The Kier molecular flexibility index (Phi) is 12.8. The third-order valence-electron chi connectivity index (χ3n) is 18.3. The summed E-state index contributed by atoms with van der Waals surface area (Å²) in [5.74, 6) is 3.70. The summed E-state index contributed by atoms with van der Waals surface area (Å²) < 4.78 is 6.73. The van der Waals surface area contributed by atoms with Gasteiger partial charge in [-0.2, -0.15) is 0 Å². The van der Waals surface area contributed by atoms with Gasteiger partial charge in [0.2, 0.25) is 0 Å². The van der Waals surface area contributed by atoms with Crippen molar-refractivity contribution in [3.63, 3.8) is 0 Å². The molecule has 0 atom stereocenters. The Balaban J connectivity index is 0.688. The van der Waals surface area contributed by atoms with Crippen molar-refractivity contribution in [3.8, 4) is 136 Å². The van der Waals surface area contributed by atoms with Crippen molar-refractivity contribution in [1.29, 1.82) is 0 Å². The molecule has 0 N–H and O–H groups in total. The average molecular weight is 1220 g/mol. The number of nitrogens with zero attached hydrogens (tertiary/aromatic N) is 10. The van der Waals surface area contributed by atoms with Gasteiger partial charge >= 0.3 is 0 Å². The van der Waals surface area contributed by atoms with Crippen molar-refractivity contribution < 1.29 is 0 Å². The quantitative estimate of drug-likeness (QED) is 0.126. The Bertz CT molecular complexity index is 5770. The van der Waals surface area contributed by atoms with Crippen molar-refractivity contribution >= 4 is 42.8 Å². The SMILES string of the molecule is CC1(C)c2cc(-c3nc(-c4ccccc4)nc(-c4ccccc4)n3)ccc2-c2ccc(-c3nc4cc(-c5cccc(-c6nc(-c7ccccc7)nc(-c7ccc8c(c7)sc7cc(-c9nc%10ccccn%10c9-c9ccccc9)ccc78)n6)c5)ccn4c3-c3ccccc3)cc21. The highest BCUT2D eigenvalue weighted by molar-refractivity contribution is 7.25. The average Bonchev–Trinajstić information content (AvgIpc) is 1.57. The summed E-state index contributed by atoms with van der Waals surface area (Å²) in [6.45, 7) is 4.64. The Morgan fingerprint density at radius 1 is 0.266 bits per heavy atom. The molecule has 0 radical (unpaired) electrons. The van der Waals surface area contributed by atoms with Crippen LogP contribution in [0.2, 0.25) is 0 Å². The summed E-state index contributed by atoms with van der Waals surface area (Å²) in [6, 6.07) is 97.4. The lowest BCUT2D eigenvalue weighted by molar-refractivity contribution is 0.660. The molecule has 10 nitrogen and oxygen atoms in total. The molecule has 17 aromatic rings. The second kappa shape index (κ2) is 22.0. The standard InChI is InChI=1S/C83H54N10S/c1-83(2)67-46-58(34-38-63(67)64-39-36-61(47-68(64)83)81-88-77(53-25-12-5-13-26-53)86-78(89-81)54-27-14-6-15-28-54)73-76(52-23-10-4-11-24-52)93-44-42-57(50-72(93)85-73)56-31-20-32-60(45-56)80-87-79(55-29-16-7-17-30-55)90-82(91-80)62-37-41-66-65-40-35-59(48-69(65)94-70(66)49-62)74-75(51-21-8-3-9-22-51)92-43-19-18-33-71(92)84-74/h3-50H,1-2H3. The molecule has 0 unspecified atom stereocenters. The second-order valence-electron chi connectivity index (χ2n) is 24.4. The van der Waals surface area contributed by atoms with Crippen LogP contribution in [0.15, 0.2) is 291 Å². The number of hydrogen-bond donors (Lipinski definition) is 0. The normalized spacial score (nSPS) is 12.4. The van der Waals surface area contributed by atoms with E-state index in [1.165, 1.54) is 37.7 Å². The maximum atomic E-state index is 5.54. The van der Waals surface area contributed by atoms with E-state index in [1.807, 2.05) is 84.9 Å². The van der Waals surface area contributed by atoms with Crippen LogP contribution < -0.4 is 0 Å². The minimum Gasteiger partial charge on any atom is -0.299 e. The van der Waals surface area contributed by atoms with Gasteiger partial charge in [-0.3, -0.25) is 8.80 Å². The van der Waals surface area contributed by atoms with Crippen LogP contribution in [-0.2, 0) is 5.41 Å². The third kappa shape index (κ3) is 9.39. The molecule has 18 rings (SSSR count). The fraction of sp³-hybridized carbons (Fsp3) is 0.0361. The molecule has 11 heteroatoms. The van der Waals surface area contributed by atoms with E-state index in [1.54, 1.807) is 11.3 Å². The number of hydrogen-bond acceptors (Lipinski definition) is 9. The van der Waals surface area contributed by atoms with Gasteiger partial charge in [0.15, 0.2) is 34.9 Å². The molecule has 0 spiro atoms. The first-order valence-corrected chi connectivity index (χ1v) is 32.3. The molecule has 1 aliphatic rings. The first kappa shape index (κ1) is 54.7. The Labute approximate surface area is 545 Å². The fourth-order valence-corrected chi connectivity index (χ4v) is 14.8. The predicted octanol–water partition coefficient (Wildman–Crippen LogP) is 20.4. The molecule has 0 bridgehead atoms. The van der Waals surface area contributed by atoms with Crippen molar-refractivity contribution in [3.05, 3.63) is 303 Å². The van der Waals surface area contributed by atoms with Crippen LogP contribution in [0.3, 0.4) is 0 Å². The first-order chi connectivity index (χ1) is 46.3. The largest absolute Gasteiger partial charge is 0.299 e. The Morgan fingerprint density at radius 3 is 1.18 bits per heavy atom. The lowest BCUT2D eigenvalue weighted by Gasteiger charge is -2.22. The molecule has 7 aromatic heterocycles. The molecular formula is C83H54N10S. The van der Waals surface area contributed by atoms with E-state index in [-0.39, 0.29) is 5.41 Å². The van der Waals surface area contributed by atoms with Crippen molar-refractivity contribution in [2.45, 2.75) is 19.3 Å². The van der Waals surface area contributed by atoms with Crippen LogP contribution in [0, 0.1) is 0 Å². The lowest BCUT2D eigenvalue weighted by Crippen LogP contribution is -2.15. The van der Waals surface area contributed by atoms with Gasteiger partial charge in [-0.15, -0.1) is 11.3 Å². The topological polar surface area (TPSA) is 112 Å². The van der Waals surface area contributed by atoms with E-state index in [4.69, 9.17) is 39.9 Å². The van der Waals surface area contributed by atoms with Gasteiger partial charge in [0.1, 0.15) is 11.3 Å². The first-order valence-electron chi connectivity index (χ1n) is 31.5. The van der Waals surface area contributed by atoms with Crippen LogP contribution in [0.4, 0.5) is 0 Å². The zero-order chi connectivity index (χ0) is 62.4.